The van der Waals surface area contributed by atoms with Crippen molar-refractivity contribution in [1.82, 2.24) is 14.9 Å². The summed E-state index contributed by atoms with van der Waals surface area (Å²) in [7, 11) is -3.59. The van der Waals surface area contributed by atoms with Crippen molar-refractivity contribution in [2.45, 2.75) is 0 Å². The summed E-state index contributed by atoms with van der Waals surface area (Å²) in [6.07, 6.45) is 2.16. The zero-order valence-corrected chi connectivity index (χ0v) is 9.73. The summed E-state index contributed by atoms with van der Waals surface area (Å²) in [5, 5.41) is 8.06. The van der Waals surface area contributed by atoms with E-state index in [4.69, 9.17) is 0 Å². The van der Waals surface area contributed by atoms with Gasteiger partial charge in [0.15, 0.2) is 0 Å². The van der Waals surface area contributed by atoms with E-state index in [1.807, 2.05) is 4.72 Å². The first-order valence-corrected chi connectivity index (χ1v) is 6.59. The molecule has 0 aliphatic heterocycles. The van der Waals surface area contributed by atoms with Crippen LogP contribution in [0.3, 0.4) is 0 Å². The third-order valence-electron chi connectivity index (χ3n) is 2.07. The number of benzene rings is 1. The number of hydrogen-bond acceptors (Lipinski definition) is 5. The first-order chi connectivity index (χ1) is 7.97. The fraction of sp³-hybridized carbons (Fsp3) is 0.100. The van der Waals surface area contributed by atoms with E-state index in [-0.39, 0.29) is 5.56 Å². The monoisotopic (exact) mass is 251 g/mol. The van der Waals surface area contributed by atoms with Crippen LogP contribution in [-0.4, -0.2) is 30.8 Å². The Morgan fingerprint density at radius 2 is 2.00 bits per heavy atom. The largest absolute Gasteiger partial charge is 0.268 e. The van der Waals surface area contributed by atoms with Crippen molar-refractivity contribution < 1.29 is 13.2 Å². The lowest BCUT2D eigenvalue weighted by Crippen LogP contribution is -2.29. The van der Waals surface area contributed by atoms with Crippen LogP contribution in [0.4, 0.5) is 0 Å². The molecule has 2 rings (SSSR count). The Labute approximate surface area is 97.7 Å². The lowest BCUT2D eigenvalue weighted by Gasteiger charge is -2.04. The molecule has 1 aromatic carbocycles. The number of carbonyl (C=O) groups excluding carboxylic acids is 1. The SMILES string of the molecule is CS(=O)(=O)NC(=O)c1cnnc2ccccc12. The molecule has 88 valence electrons. The highest BCUT2D eigenvalue weighted by molar-refractivity contribution is 7.89. The molecule has 1 aromatic heterocycles. The molecule has 0 fully saturated rings. The van der Waals surface area contributed by atoms with E-state index >= 15 is 0 Å². The van der Waals surface area contributed by atoms with Crippen LogP contribution < -0.4 is 4.72 Å². The van der Waals surface area contributed by atoms with E-state index in [1.165, 1.54) is 6.20 Å². The molecule has 0 spiro atoms. The molecule has 1 N–H and O–H groups in total. The summed E-state index contributed by atoms with van der Waals surface area (Å²) in [5.74, 6) is -0.710. The van der Waals surface area contributed by atoms with Gasteiger partial charge in [-0.2, -0.15) is 10.2 Å². The van der Waals surface area contributed by atoms with Gasteiger partial charge in [-0.25, -0.2) is 13.1 Å². The summed E-state index contributed by atoms with van der Waals surface area (Å²) in [4.78, 5) is 11.7. The number of aromatic nitrogens is 2. The summed E-state index contributed by atoms with van der Waals surface area (Å²) in [5.41, 5.74) is 0.717. The quantitative estimate of drug-likeness (QED) is 0.830. The van der Waals surface area contributed by atoms with Crippen molar-refractivity contribution >= 4 is 26.8 Å². The number of rotatable bonds is 2. The molecule has 0 saturated heterocycles. The maximum absolute atomic E-state index is 11.7. The van der Waals surface area contributed by atoms with Crippen LogP contribution in [0.2, 0.25) is 0 Å². The fourth-order valence-electron chi connectivity index (χ4n) is 1.41. The minimum absolute atomic E-state index is 0.182. The molecule has 6 nitrogen and oxygen atoms in total. The van der Waals surface area contributed by atoms with E-state index in [9.17, 15) is 13.2 Å². The maximum atomic E-state index is 11.7. The van der Waals surface area contributed by atoms with Gasteiger partial charge in [0, 0.05) is 5.39 Å². The highest BCUT2D eigenvalue weighted by atomic mass is 32.2. The number of fused-ring (bicyclic) bond motifs is 1. The lowest BCUT2D eigenvalue weighted by molar-refractivity contribution is 0.0983. The fourth-order valence-corrected chi connectivity index (χ4v) is 1.86. The number of sulfonamides is 1. The summed E-state index contributed by atoms with van der Waals surface area (Å²) < 4.78 is 23.9. The molecule has 7 heteroatoms. The molecule has 0 atom stereocenters. The third-order valence-corrected chi connectivity index (χ3v) is 2.63. The topological polar surface area (TPSA) is 89.0 Å². The van der Waals surface area contributed by atoms with Gasteiger partial charge in [-0.05, 0) is 6.07 Å². The number of amides is 1. The van der Waals surface area contributed by atoms with Gasteiger partial charge in [0.25, 0.3) is 5.91 Å². The van der Waals surface area contributed by atoms with Gasteiger partial charge in [0.2, 0.25) is 10.0 Å². The molecule has 0 saturated carbocycles. The molecule has 17 heavy (non-hydrogen) atoms. The Morgan fingerprint density at radius 3 is 2.71 bits per heavy atom. The number of nitrogens with one attached hydrogen (secondary N) is 1. The van der Waals surface area contributed by atoms with Crippen LogP contribution in [0.25, 0.3) is 10.9 Å². The van der Waals surface area contributed by atoms with E-state index in [0.717, 1.165) is 6.26 Å². The second-order valence-electron chi connectivity index (χ2n) is 3.48. The van der Waals surface area contributed by atoms with Crippen molar-refractivity contribution in [2.24, 2.45) is 0 Å². The van der Waals surface area contributed by atoms with Gasteiger partial charge < -0.3 is 0 Å². The highest BCUT2D eigenvalue weighted by Crippen LogP contribution is 2.14. The van der Waals surface area contributed by atoms with Gasteiger partial charge in [0.1, 0.15) is 0 Å². The Bertz CT molecular complexity index is 677. The van der Waals surface area contributed by atoms with E-state index in [1.54, 1.807) is 24.3 Å². The number of hydrogen-bond donors (Lipinski definition) is 1. The van der Waals surface area contributed by atoms with Crippen LogP contribution in [-0.2, 0) is 10.0 Å². The lowest BCUT2D eigenvalue weighted by atomic mass is 10.1. The van der Waals surface area contributed by atoms with Crippen molar-refractivity contribution in [3.63, 3.8) is 0 Å². The Balaban J connectivity index is 2.52. The molecule has 0 unspecified atom stereocenters. The minimum atomic E-state index is -3.59. The van der Waals surface area contributed by atoms with Crippen LogP contribution >= 0.6 is 0 Å². The predicted molar refractivity (Wildman–Crippen MR) is 61.8 cm³/mol. The summed E-state index contributed by atoms with van der Waals surface area (Å²) in [6.45, 7) is 0. The summed E-state index contributed by atoms with van der Waals surface area (Å²) in [6, 6.07) is 6.87. The van der Waals surface area contributed by atoms with E-state index in [0.29, 0.717) is 10.9 Å². The van der Waals surface area contributed by atoms with Gasteiger partial charge in [-0.1, -0.05) is 18.2 Å². The molecular weight excluding hydrogens is 242 g/mol. The molecule has 1 amide bonds. The molecule has 0 aliphatic rings. The maximum Gasteiger partial charge on any atom is 0.267 e. The standard InChI is InChI=1S/C10H9N3O3S/c1-17(15,16)13-10(14)8-6-11-12-9-5-3-2-4-7(8)9/h2-6H,1H3,(H,13,14). The molecule has 0 radical (unpaired) electrons. The van der Waals surface area contributed by atoms with Crippen molar-refractivity contribution in [1.29, 1.82) is 0 Å². The normalized spacial score (nSPS) is 11.4. The van der Waals surface area contributed by atoms with Crippen LogP contribution in [0.5, 0.6) is 0 Å². The first kappa shape index (κ1) is 11.5. The van der Waals surface area contributed by atoms with E-state index in [2.05, 4.69) is 10.2 Å². The van der Waals surface area contributed by atoms with Crippen molar-refractivity contribution in [3.05, 3.63) is 36.0 Å². The van der Waals surface area contributed by atoms with Crippen LogP contribution in [0.1, 0.15) is 10.4 Å². The van der Waals surface area contributed by atoms with Crippen LogP contribution in [0, 0.1) is 0 Å². The van der Waals surface area contributed by atoms with Gasteiger partial charge >= 0.3 is 0 Å². The number of nitrogens with zero attached hydrogens (tertiary/aromatic N) is 2. The Hall–Kier alpha value is -2.02. The zero-order valence-electron chi connectivity index (χ0n) is 8.91. The Kier molecular flexibility index (Phi) is 2.76. The minimum Gasteiger partial charge on any atom is -0.268 e. The predicted octanol–water partition coefficient (Wildman–Crippen LogP) is 0.319. The summed E-state index contributed by atoms with van der Waals surface area (Å²) >= 11 is 0. The van der Waals surface area contributed by atoms with Crippen molar-refractivity contribution in [2.75, 3.05) is 6.26 Å². The van der Waals surface area contributed by atoms with Gasteiger partial charge in [-0.3, -0.25) is 4.79 Å². The second kappa shape index (κ2) is 4.10. The molecule has 0 bridgehead atoms. The average Bonchev–Trinajstić information content (AvgIpc) is 2.26. The molecular formula is C10H9N3O3S. The molecule has 2 aromatic rings. The zero-order chi connectivity index (χ0) is 12.5. The van der Waals surface area contributed by atoms with Crippen LogP contribution in [0.15, 0.2) is 30.5 Å². The Morgan fingerprint density at radius 1 is 1.29 bits per heavy atom. The number of carbonyl (C=O) groups is 1. The van der Waals surface area contributed by atoms with Crippen molar-refractivity contribution in [3.8, 4) is 0 Å². The first-order valence-electron chi connectivity index (χ1n) is 4.70. The van der Waals surface area contributed by atoms with Gasteiger partial charge in [0.05, 0.1) is 23.5 Å². The highest BCUT2D eigenvalue weighted by Gasteiger charge is 2.14. The van der Waals surface area contributed by atoms with Gasteiger partial charge in [-0.15, -0.1) is 0 Å². The third kappa shape index (κ3) is 2.56. The molecule has 1 heterocycles. The molecule has 0 aliphatic carbocycles. The average molecular weight is 251 g/mol. The van der Waals surface area contributed by atoms with E-state index < -0.39 is 15.9 Å². The second-order valence-corrected chi connectivity index (χ2v) is 5.23. The smallest absolute Gasteiger partial charge is 0.267 e.